The fraction of sp³-hybridized carbons (Fsp3) is 0.533. The van der Waals surface area contributed by atoms with Crippen LogP contribution in [0.5, 0.6) is 0 Å². The second-order valence-electron chi connectivity index (χ2n) is 5.34. The highest BCUT2D eigenvalue weighted by atomic mass is 19.1. The number of nitrogens with one attached hydrogen (secondary N) is 1. The Morgan fingerprint density at radius 3 is 2.33 bits per heavy atom. The van der Waals surface area contributed by atoms with Gasteiger partial charge < -0.3 is 10.3 Å². The summed E-state index contributed by atoms with van der Waals surface area (Å²) in [4.78, 5) is 14.2. The molecule has 1 aliphatic carbocycles. The quantitative estimate of drug-likeness (QED) is 0.663. The van der Waals surface area contributed by atoms with Crippen LogP contribution >= 0.6 is 0 Å². The minimum atomic E-state index is -0.861. The maximum absolute atomic E-state index is 13.7. The lowest BCUT2D eigenvalue weighted by Gasteiger charge is -2.33. The molecule has 0 aromatic heterocycles. The molecular formula is C15H21F2N3O. The first-order chi connectivity index (χ1) is 10.1. The van der Waals surface area contributed by atoms with E-state index in [4.69, 9.17) is 5.84 Å². The highest BCUT2D eigenvalue weighted by Gasteiger charge is 2.26. The molecule has 0 unspecified atom stereocenters. The van der Waals surface area contributed by atoms with Crippen LogP contribution in [0, 0.1) is 11.6 Å². The molecule has 6 heteroatoms. The van der Waals surface area contributed by atoms with Crippen LogP contribution < -0.4 is 11.3 Å². The lowest BCUT2D eigenvalue weighted by molar-refractivity contribution is 0.0647. The molecule has 1 aliphatic rings. The number of hydrogen-bond donors (Lipinski definition) is 2. The number of nitrogens with two attached hydrogens (primary N) is 1. The van der Waals surface area contributed by atoms with Gasteiger partial charge in [0, 0.05) is 18.2 Å². The van der Waals surface area contributed by atoms with Gasteiger partial charge in [-0.2, -0.15) is 0 Å². The summed E-state index contributed by atoms with van der Waals surface area (Å²) >= 11 is 0. The predicted octanol–water partition coefficient (Wildman–Crippen LogP) is 3.05. The molecule has 1 amide bonds. The van der Waals surface area contributed by atoms with E-state index in [-0.39, 0.29) is 17.5 Å². The molecule has 116 valence electrons. The second-order valence-corrected chi connectivity index (χ2v) is 5.34. The summed E-state index contributed by atoms with van der Waals surface area (Å²) in [5.74, 6) is 3.01. The van der Waals surface area contributed by atoms with Gasteiger partial charge in [0.2, 0.25) is 0 Å². The van der Waals surface area contributed by atoms with Crippen LogP contribution in [0.2, 0.25) is 0 Å². The number of halogens is 2. The Bertz CT molecular complexity index is 493. The van der Waals surface area contributed by atoms with Crippen molar-refractivity contribution in [3.63, 3.8) is 0 Å². The molecule has 0 heterocycles. The minimum Gasteiger partial charge on any atom is -0.336 e. The number of carbonyl (C=O) groups is 1. The Morgan fingerprint density at radius 1 is 1.29 bits per heavy atom. The summed E-state index contributed by atoms with van der Waals surface area (Å²) in [7, 11) is 0. The number of rotatable bonds is 4. The smallest absolute Gasteiger partial charge is 0.254 e. The highest BCUT2D eigenvalue weighted by Crippen LogP contribution is 2.25. The number of nitrogen functional groups attached to an aromatic ring is 1. The maximum atomic E-state index is 13.7. The zero-order valence-electron chi connectivity index (χ0n) is 12.2. The van der Waals surface area contributed by atoms with Gasteiger partial charge in [-0.05, 0) is 31.9 Å². The van der Waals surface area contributed by atoms with Crippen molar-refractivity contribution in [1.29, 1.82) is 0 Å². The predicted molar refractivity (Wildman–Crippen MR) is 77.8 cm³/mol. The monoisotopic (exact) mass is 297 g/mol. The van der Waals surface area contributed by atoms with Gasteiger partial charge in [0.05, 0.1) is 0 Å². The molecule has 1 fully saturated rings. The van der Waals surface area contributed by atoms with E-state index in [9.17, 15) is 13.6 Å². The summed E-state index contributed by atoms with van der Waals surface area (Å²) in [6.45, 7) is 2.42. The van der Waals surface area contributed by atoms with E-state index < -0.39 is 17.3 Å². The largest absolute Gasteiger partial charge is 0.336 e. The number of benzene rings is 1. The molecule has 0 atom stereocenters. The van der Waals surface area contributed by atoms with E-state index in [1.807, 2.05) is 12.3 Å². The average Bonchev–Trinajstić information content (AvgIpc) is 2.48. The summed E-state index contributed by atoms with van der Waals surface area (Å²) in [5, 5.41) is 0. The molecule has 0 spiro atoms. The molecule has 0 bridgehead atoms. The molecule has 4 nitrogen and oxygen atoms in total. The number of hydrazine groups is 1. The molecule has 1 aromatic rings. The first-order valence-corrected chi connectivity index (χ1v) is 7.35. The number of hydrogen-bond acceptors (Lipinski definition) is 3. The van der Waals surface area contributed by atoms with Gasteiger partial charge in [0.1, 0.15) is 5.69 Å². The van der Waals surface area contributed by atoms with Gasteiger partial charge in [-0.1, -0.05) is 19.3 Å². The number of carbonyl (C=O) groups excluding carboxylic acids is 1. The van der Waals surface area contributed by atoms with Crippen molar-refractivity contribution in [2.45, 2.75) is 45.1 Å². The number of amides is 1. The van der Waals surface area contributed by atoms with Crippen LogP contribution in [0.3, 0.4) is 0 Å². The molecule has 0 aliphatic heterocycles. The first kappa shape index (κ1) is 15.7. The Balaban J connectivity index is 2.25. The van der Waals surface area contributed by atoms with Gasteiger partial charge in [-0.3, -0.25) is 10.6 Å². The van der Waals surface area contributed by atoms with Crippen molar-refractivity contribution in [3.8, 4) is 0 Å². The van der Waals surface area contributed by atoms with E-state index in [1.54, 1.807) is 4.90 Å². The van der Waals surface area contributed by atoms with Crippen molar-refractivity contribution in [3.05, 3.63) is 29.3 Å². The molecule has 0 saturated heterocycles. The highest BCUT2D eigenvalue weighted by molar-refractivity contribution is 5.95. The van der Waals surface area contributed by atoms with Gasteiger partial charge in [0.25, 0.3) is 5.91 Å². The van der Waals surface area contributed by atoms with E-state index in [2.05, 4.69) is 0 Å². The molecule has 3 N–H and O–H groups in total. The third-order valence-electron chi connectivity index (χ3n) is 4.05. The minimum absolute atomic E-state index is 0.0245. The van der Waals surface area contributed by atoms with Crippen molar-refractivity contribution in [2.75, 3.05) is 12.0 Å². The summed E-state index contributed by atoms with van der Waals surface area (Å²) in [5.41, 5.74) is 1.56. The lowest BCUT2D eigenvalue weighted by Crippen LogP contribution is -2.41. The van der Waals surface area contributed by atoms with Crippen LogP contribution in [-0.2, 0) is 0 Å². The molecular weight excluding hydrogens is 276 g/mol. The lowest BCUT2D eigenvalue weighted by atomic mass is 9.93. The average molecular weight is 297 g/mol. The maximum Gasteiger partial charge on any atom is 0.254 e. The van der Waals surface area contributed by atoms with Crippen molar-refractivity contribution >= 4 is 11.6 Å². The Labute approximate surface area is 123 Å². The van der Waals surface area contributed by atoms with Crippen molar-refractivity contribution in [1.82, 2.24) is 4.90 Å². The Hall–Kier alpha value is -1.69. The molecule has 1 saturated carbocycles. The number of anilines is 1. The van der Waals surface area contributed by atoms with Gasteiger partial charge >= 0.3 is 0 Å². The fourth-order valence-corrected chi connectivity index (χ4v) is 2.96. The van der Waals surface area contributed by atoms with Crippen LogP contribution in [0.1, 0.15) is 49.4 Å². The third kappa shape index (κ3) is 3.32. The SMILES string of the molecule is CCN(C(=O)c1cc(F)c(NN)c(F)c1)C1CCCCC1. The Morgan fingerprint density at radius 2 is 1.86 bits per heavy atom. The standard InChI is InChI=1S/C15H21F2N3O/c1-2-20(11-6-4-3-5-7-11)15(21)10-8-12(16)14(19-18)13(17)9-10/h8-9,11,19H,2-7,18H2,1H3. The topological polar surface area (TPSA) is 58.4 Å². The first-order valence-electron chi connectivity index (χ1n) is 7.35. The zero-order valence-corrected chi connectivity index (χ0v) is 12.2. The van der Waals surface area contributed by atoms with E-state index in [0.717, 1.165) is 37.8 Å². The normalized spacial score (nSPS) is 15.8. The number of nitrogens with zero attached hydrogens (tertiary/aromatic N) is 1. The zero-order chi connectivity index (χ0) is 15.4. The van der Waals surface area contributed by atoms with Crippen LogP contribution in [0.25, 0.3) is 0 Å². The second kappa shape index (κ2) is 6.85. The molecule has 21 heavy (non-hydrogen) atoms. The van der Waals surface area contributed by atoms with Crippen LogP contribution in [0.15, 0.2) is 12.1 Å². The molecule has 2 rings (SSSR count). The van der Waals surface area contributed by atoms with Crippen molar-refractivity contribution < 1.29 is 13.6 Å². The van der Waals surface area contributed by atoms with Crippen molar-refractivity contribution in [2.24, 2.45) is 5.84 Å². The van der Waals surface area contributed by atoms with E-state index in [1.165, 1.54) is 6.42 Å². The molecule has 0 radical (unpaired) electrons. The van der Waals surface area contributed by atoms with E-state index >= 15 is 0 Å². The van der Waals surface area contributed by atoms with Gasteiger partial charge in [-0.25, -0.2) is 8.78 Å². The third-order valence-corrected chi connectivity index (χ3v) is 4.05. The molecule has 1 aromatic carbocycles. The van der Waals surface area contributed by atoms with Gasteiger partial charge in [0.15, 0.2) is 11.6 Å². The summed E-state index contributed by atoms with van der Waals surface area (Å²) in [6, 6.07) is 2.23. The van der Waals surface area contributed by atoms with E-state index in [0.29, 0.717) is 6.54 Å². The summed E-state index contributed by atoms with van der Waals surface area (Å²) < 4.78 is 27.5. The fourth-order valence-electron chi connectivity index (χ4n) is 2.96. The summed E-state index contributed by atoms with van der Waals surface area (Å²) in [6.07, 6.45) is 5.27. The van der Waals surface area contributed by atoms with Crippen LogP contribution in [0.4, 0.5) is 14.5 Å². The van der Waals surface area contributed by atoms with Gasteiger partial charge in [-0.15, -0.1) is 0 Å². The Kier molecular flexibility index (Phi) is 5.12. The van der Waals surface area contributed by atoms with Crippen LogP contribution in [-0.4, -0.2) is 23.4 Å².